The van der Waals surface area contributed by atoms with Crippen LogP contribution in [0.3, 0.4) is 0 Å². The van der Waals surface area contributed by atoms with Gasteiger partial charge in [0, 0.05) is 21.1 Å². The first-order valence-electron chi connectivity index (χ1n) is 6.07. The molecule has 0 N–H and O–H groups in total. The van der Waals surface area contributed by atoms with Crippen LogP contribution in [0.5, 0.6) is 0 Å². The molecule has 0 saturated carbocycles. The Hall–Kier alpha value is -1.02. The lowest BCUT2D eigenvalue weighted by molar-refractivity contribution is 0.396. The van der Waals surface area contributed by atoms with Gasteiger partial charge in [-0.3, -0.25) is 0 Å². The molecule has 0 aliphatic rings. The summed E-state index contributed by atoms with van der Waals surface area (Å²) >= 11 is 0. The minimum absolute atomic E-state index is 1.18. The SMILES string of the molecule is CCCCc1c(C)cccc1N(C)N(C)C. The van der Waals surface area contributed by atoms with Crippen molar-refractivity contribution >= 4 is 5.69 Å². The van der Waals surface area contributed by atoms with Crippen molar-refractivity contribution in [2.24, 2.45) is 0 Å². The molecule has 1 rings (SSSR count). The van der Waals surface area contributed by atoms with Crippen molar-refractivity contribution in [3.63, 3.8) is 0 Å². The fourth-order valence-electron chi connectivity index (χ4n) is 1.88. The zero-order valence-electron chi connectivity index (χ0n) is 11.2. The van der Waals surface area contributed by atoms with E-state index < -0.39 is 0 Å². The molecular weight excluding hydrogens is 196 g/mol. The van der Waals surface area contributed by atoms with E-state index in [0.29, 0.717) is 0 Å². The Morgan fingerprint density at radius 3 is 2.38 bits per heavy atom. The maximum Gasteiger partial charge on any atom is 0.0553 e. The predicted molar refractivity (Wildman–Crippen MR) is 71.9 cm³/mol. The summed E-state index contributed by atoms with van der Waals surface area (Å²) in [5, 5.41) is 4.32. The molecule has 0 spiro atoms. The van der Waals surface area contributed by atoms with Gasteiger partial charge in [-0.1, -0.05) is 25.5 Å². The highest BCUT2D eigenvalue weighted by molar-refractivity contribution is 5.55. The van der Waals surface area contributed by atoms with Crippen LogP contribution in [0.15, 0.2) is 18.2 Å². The van der Waals surface area contributed by atoms with Crippen LogP contribution in [0.2, 0.25) is 0 Å². The number of rotatable bonds is 5. The number of aryl methyl sites for hydroxylation is 1. The highest BCUT2D eigenvalue weighted by atomic mass is 15.6. The van der Waals surface area contributed by atoms with Crippen LogP contribution in [-0.2, 0) is 6.42 Å². The lowest BCUT2D eigenvalue weighted by atomic mass is 10.0. The van der Waals surface area contributed by atoms with Gasteiger partial charge in [-0.05, 0) is 37.0 Å². The first-order valence-corrected chi connectivity index (χ1v) is 6.07. The molecule has 0 heterocycles. The van der Waals surface area contributed by atoms with Crippen LogP contribution in [0.25, 0.3) is 0 Å². The summed E-state index contributed by atoms with van der Waals surface area (Å²) in [6.07, 6.45) is 3.69. The zero-order chi connectivity index (χ0) is 12.1. The van der Waals surface area contributed by atoms with Crippen molar-refractivity contribution in [3.8, 4) is 0 Å². The number of unbranched alkanes of at least 4 members (excludes halogenated alkanes) is 1. The van der Waals surface area contributed by atoms with E-state index in [1.807, 2.05) is 0 Å². The van der Waals surface area contributed by atoms with E-state index in [1.165, 1.54) is 36.1 Å². The summed E-state index contributed by atoms with van der Waals surface area (Å²) in [5.41, 5.74) is 4.22. The van der Waals surface area contributed by atoms with Crippen LogP contribution in [0, 0.1) is 6.92 Å². The van der Waals surface area contributed by atoms with E-state index in [9.17, 15) is 0 Å². The molecule has 0 amide bonds. The second-order valence-corrected chi connectivity index (χ2v) is 4.55. The van der Waals surface area contributed by atoms with Crippen molar-refractivity contribution in [2.45, 2.75) is 33.1 Å². The third-order valence-corrected chi connectivity index (χ3v) is 3.11. The first kappa shape index (κ1) is 13.0. The minimum atomic E-state index is 1.18. The Labute approximate surface area is 99.8 Å². The number of nitrogens with zero attached hydrogens (tertiary/aromatic N) is 2. The molecule has 0 atom stereocenters. The van der Waals surface area contributed by atoms with Crippen LogP contribution in [0.4, 0.5) is 5.69 Å². The summed E-state index contributed by atoms with van der Waals surface area (Å²) in [7, 11) is 6.27. The van der Waals surface area contributed by atoms with Crippen LogP contribution < -0.4 is 5.01 Å². The van der Waals surface area contributed by atoms with E-state index in [2.05, 4.69) is 63.2 Å². The van der Waals surface area contributed by atoms with Gasteiger partial charge in [0.15, 0.2) is 0 Å². The monoisotopic (exact) mass is 220 g/mol. The molecular formula is C14H24N2. The predicted octanol–water partition coefficient (Wildman–Crippen LogP) is 3.25. The summed E-state index contributed by atoms with van der Waals surface area (Å²) in [6, 6.07) is 6.55. The molecule has 1 aromatic rings. The van der Waals surface area contributed by atoms with Gasteiger partial charge < -0.3 is 5.01 Å². The van der Waals surface area contributed by atoms with E-state index >= 15 is 0 Å². The Morgan fingerprint density at radius 1 is 1.12 bits per heavy atom. The van der Waals surface area contributed by atoms with Crippen molar-refractivity contribution in [3.05, 3.63) is 29.3 Å². The maximum absolute atomic E-state index is 2.24. The fourth-order valence-corrected chi connectivity index (χ4v) is 1.88. The van der Waals surface area contributed by atoms with Crippen molar-refractivity contribution in [1.82, 2.24) is 5.01 Å². The van der Waals surface area contributed by atoms with Crippen molar-refractivity contribution < 1.29 is 0 Å². The van der Waals surface area contributed by atoms with Gasteiger partial charge in [0.1, 0.15) is 0 Å². The first-order chi connectivity index (χ1) is 7.57. The van der Waals surface area contributed by atoms with E-state index in [4.69, 9.17) is 0 Å². The van der Waals surface area contributed by atoms with Crippen LogP contribution >= 0.6 is 0 Å². The molecule has 16 heavy (non-hydrogen) atoms. The molecule has 0 fully saturated rings. The number of hydrogen-bond donors (Lipinski definition) is 0. The van der Waals surface area contributed by atoms with Gasteiger partial charge in [-0.15, -0.1) is 0 Å². The number of hydrazine groups is 1. The van der Waals surface area contributed by atoms with Gasteiger partial charge in [0.25, 0.3) is 0 Å². The molecule has 0 aliphatic carbocycles. The van der Waals surface area contributed by atoms with E-state index in [-0.39, 0.29) is 0 Å². The Balaban J connectivity index is 3.02. The Morgan fingerprint density at radius 2 is 1.81 bits per heavy atom. The van der Waals surface area contributed by atoms with Crippen LogP contribution in [0.1, 0.15) is 30.9 Å². The standard InChI is InChI=1S/C14H24N2/c1-6-7-10-13-12(2)9-8-11-14(13)16(5)15(3)4/h8-9,11H,6-7,10H2,1-5H3. The normalized spacial score (nSPS) is 10.9. The Bertz CT molecular complexity index is 332. The lowest BCUT2D eigenvalue weighted by Crippen LogP contribution is -2.33. The van der Waals surface area contributed by atoms with E-state index in [0.717, 1.165) is 0 Å². The van der Waals surface area contributed by atoms with Crippen molar-refractivity contribution in [1.29, 1.82) is 0 Å². The molecule has 90 valence electrons. The fraction of sp³-hybridized carbons (Fsp3) is 0.571. The third-order valence-electron chi connectivity index (χ3n) is 3.11. The quantitative estimate of drug-likeness (QED) is 0.703. The minimum Gasteiger partial charge on any atom is -0.309 e. The molecule has 0 aliphatic heterocycles. The summed E-state index contributed by atoms with van der Waals surface area (Å²) in [6.45, 7) is 4.45. The molecule has 0 radical (unpaired) electrons. The van der Waals surface area contributed by atoms with Gasteiger partial charge in [-0.25, -0.2) is 5.01 Å². The highest BCUT2D eigenvalue weighted by Crippen LogP contribution is 2.25. The van der Waals surface area contributed by atoms with Gasteiger partial charge in [0.2, 0.25) is 0 Å². The molecule has 0 aromatic heterocycles. The molecule has 1 aromatic carbocycles. The van der Waals surface area contributed by atoms with Gasteiger partial charge in [-0.2, -0.15) is 0 Å². The smallest absolute Gasteiger partial charge is 0.0553 e. The molecule has 0 bridgehead atoms. The number of benzene rings is 1. The van der Waals surface area contributed by atoms with Gasteiger partial charge in [0.05, 0.1) is 5.69 Å². The summed E-state index contributed by atoms with van der Waals surface area (Å²) in [4.78, 5) is 0. The lowest BCUT2D eigenvalue weighted by Gasteiger charge is -2.29. The van der Waals surface area contributed by atoms with E-state index in [1.54, 1.807) is 0 Å². The molecule has 2 heteroatoms. The number of hydrogen-bond acceptors (Lipinski definition) is 2. The maximum atomic E-state index is 2.24. The van der Waals surface area contributed by atoms with Crippen LogP contribution in [-0.4, -0.2) is 26.2 Å². The molecule has 0 saturated heterocycles. The topological polar surface area (TPSA) is 6.48 Å². The second-order valence-electron chi connectivity index (χ2n) is 4.55. The molecule has 2 nitrogen and oxygen atoms in total. The average Bonchev–Trinajstić information content (AvgIpc) is 2.26. The second kappa shape index (κ2) is 5.90. The van der Waals surface area contributed by atoms with Crippen molar-refractivity contribution in [2.75, 3.05) is 26.2 Å². The average molecular weight is 220 g/mol. The Kier molecular flexibility index (Phi) is 4.81. The highest BCUT2D eigenvalue weighted by Gasteiger charge is 2.10. The summed E-state index contributed by atoms with van der Waals surface area (Å²) in [5.74, 6) is 0. The third kappa shape index (κ3) is 2.99. The molecule has 0 unspecified atom stereocenters. The summed E-state index contributed by atoms with van der Waals surface area (Å²) < 4.78 is 0. The van der Waals surface area contributed by atoms with Gasteiger partial charge >= 0.3 is 0 Å². The number of anilines is 1. The zero-order valence-corrected chi connectivity index (χ0v) is 11.2. The largest absolute Gasteiger partial charge is 0.309 e.